The Labute approximate surface area is 315 Å². The fourth-order valence-electron chi connectivity index (χ4n) is 5.61. The van der Waals surface area contributed by atoms with Crippen molar-refractivity contribution in [1.29, 1.82) is 0 Å². The summed E-state index contributed by atoms with van der Waals surface area (Å²) in [4.78, 5) is 26.9. The quantitative estimate of drug-likeness (QED) is 0.0943. The zero-order valence-electron chi connectivity index (χ0n) is 29.9. The number of hydrogen-bond donors (Lipinski definition) is 4. The van der Waals surface area contributed by atoms with Gasteiger partial charge in [0.05, 0.1) is 49.6 Å². The van der Waals surface area contributed by atoms with Crippen molar-refractivity contribution in [3.8, 4) is 16.9 Å². The third-order valence-electron chi connectivity index (χ3n) is 8.85. The highest BCUT2D eigenvalue weighted by atomic mass is 35.5. The lowest BCUT2D eigenvalue weighted by molar-refractivity contribution is 0.0173. The molecule has 2 aliphatic carbocycles. The number of halogens is 1. The van der Waals surface area contributed by atoms with Crippen LogP contribution < -0.4 is 20.7 Å². The van der Waals surface area contributed by atoms with E-state index in [4.69, 9.17) is 35.7 Å². The van der Waals surface area contributed by atoms with Gasteiger partial charge in [-0.05, 0) is 80.0 Å². The summed E-state index contributed by atoms with van der Waals surface area (Å²) in [5, 5.41) is 16.5. The van der Waals surface area contributed by atoms with E-state index in [0.717, 1.165) is 48.1 Å². The molecule has 2 saturated carbocycles. The van der Waals surface area contributed by atoms with Crippen molar-refractivity contribution >= 4 is 33.7 Å². The van der Waals surface area contributed by atoms with Crippen LogP contribution >= 0.6 is 11.6 Å². The van der Waals surface area contributed by atoms with Crippen molar-refractivity contribution in [3.63, 3.8) is 0 Å². The molecule has 1 heterocycles. The van der Waals surface area contributed by atoms with Gasteiger partial charge in [0, 0.05) is 61.8 Å². The number of nitrogens with one attached hydrogen (secondary N) is 3. The van der Waals surface area contributed by atoms with Crippen molar-refractivity contribution in [3.05, 3.63) is 77.1 Å². The predicted molar refractivity (Wildman–Crippen MR) is 199 cm³/mol. The van der Waals surface area contributed by atoms with Gasteiger partial charge >= 0.3 is 12.1 Å². The number of carbonyl (C=O) groups is 2. The van der Waals surface area contributed by atoms with Gasteiger partial charge in [-0.1, -0.05) is 29.8 Å². The Morgan fingerprint density at radius 2 is 1.66 bits per heavy atom. The zero-order chi connectivity index (χ0) is 37.7. The number of amides is 3. The standard InChI is InChI=1S/C37H48ClN5O9S/c1-43(19-5-4-15-40-35(44)41-17-20-49-22-23-50-21-18-42-36(45)46)53(47,48)29-10-11-33(38)27(24-29)26-51-37(13-14-37)32-25-39-16-12-30(32)31-6-2-3-7-34(31)52-28-8-9-28/h2-3,6-7,10-12,16,24-25,28,42H,4-5,8-9,13-15,17-23,26H2,1H3,(H,45,46)(H2,40,41,44). The van der Waals surface area contributed by atoms with Crippen LogP contribution in [0.25, 0.3) is 11.1 Å². The molecule has 53 heavy (non-hydrogen) atoms. The molecule has 3 aromatic rings. The van der Waals surface area contributed by atoms with E-state index in [1.807, 2.05) is 30.5 Å². The van der Waals surface area contributed by atoms with E-state index in [1.165, 1.54) is 17.4 Å². The van der Waals surface area contributed by atoms with Gasteiger partial charge in [0.2, 0.25) is 10.0 Å². The minimum absolute atomic E-state index is 0.127. The van der Waals surface area contributed by atoms with Crippen LogP contribution in [-0.2, 0) is 36.4 Å². The summed E-state index contributed by atoms with van der Waals surface area (Å²) < 4.78 is 51.6. The van der Waals surface area contributed by atoms with Crippen LogP contribution in [0.3, 0.4) is 0 Å². The summed E-state index contributed by atoms with van der Waals surface area (Å²) in [5.74, 6) is 0.842. The predicted octanol–water partition coefficient (Wildman–Crippen LogP) is 5.15. The maximum atomic E-state index is 13.5. The van der Waals surface area contributed by atoms with Crippen LogP contribution in [-0.4, -0.2) is 101 Å². The number of aromatic nitrogens is 1. The number of unbranched alkanes of at least 4 members (excludes halogenated alkanes) is 1. The molecule has 2 fully saturated rings. The van der Waals surface area contributed by atoms with E-state index >= 15 is 0 Å². The monoisotopic (exact) mass is 773 g/mol. The van der Waals surface area contributed by atoms with E-state index in [1.54, 1.807) is 18.3 Å². The Morgan fingerprint density at radius 3 is 2.38 bits per heavy atom. The molecular weight excluding hydrogens is 726 g/mol. The maximum absolute atomic E-state index is 13.5. The van der Waals surface area contributed by atoms with E-state index in [2.05, 4.69) is 27.0 Å². The fraction of sp³-hybridized carbons (Fsp3) is 0.486. The number of sulfonamides is 1. The van der Waals surface area contributed by atoms with Crippen LogP contribution in [0.2, 0.25) is 5.02 Å². The number of ether oxygens (including phenoxy) is 4. The second-order valence-electron chi connectivity index (χ2n) is 12.9. The van der Waals surface area contributed by atoms with Crippen molar-refractivity contribution in [1.82, 2.24) is 25.2 Å². The molecule has 0 bridgehead atoms. The first-order chi connectivity index (χ1) is 25.6. The molecule has 0 atom stereocenters. The highest BCUT2D eigenvalue weighted by molar-refractivity contribution is 7.89. The molecule has 0 spiro atoms. The minimum atomic E-state index is -3.81. The summed E-state index contributed by atoms with van der Waals surface area (Å²) in [7, 11) is -2.27. The van der Waals surface area contributed by atoms with E-state index in [9.17, 15) is 18.0 Å². The Hall–Kier alpha value is -3.99. The first-order valence-electron chi connectivity index (χ1n) is 17.8. The van der Waals surface area contributed by atoms with Crippen LogP contribution in [0.1, 0.15) is 49.7 Å². The summed E-state index contributed by atoms with van der Waals surface area (Å²) in [6, 6.07) is 14.3. The zero-order valence-corrected chi connectivity index (χ0v) is 31.4. The topological polar surface area (TPSA) is 178 Å². The molecule has 14 nitrogen and oxygen atoms in total. The molecule has 2 aromatic carbocycles. The van der Waals surface area contributed by atoms with Crippen LogP contribution in [0, 0.1) is 0 Å². The average Bonchev–Trinajstić information content (AvgIpc) is 4.09. The van der Waals surface area contributed by atoms with Gasteiger partial charge in [0.1, 0.15) is 5.75 Å². The summed E-state index contributed by atoms with van der Waals surface area (Å²) in [6.45, 7) is 2.45. The molecule has 288 valence electrons. The highest BCUT2D eigenvalue weighted by Crippen LogP contribution is 2.53. The summed E-state index contributed by atoms with van der Waals surface area (Å²) in [5.41, 5.74) is 2.98. The molecule has 3 amide bonds. The molecule has 16 heteroatoms. The number of rotatable bonds is 23. The average molecular weight is 774 g/mol. The SMILES string of the molecule is CN(CCCCNC(=O)NCCOCCOCCNC(=O)O)S(=O)(=O)c1ccc(Cl)c(COC2(c3cnccc3-c3ccccc3OC3CC3)CC2)c1. The second kappa shape index (κ2) is 19.4. The summed E-state index contributed by atoms with van der Waals surface area (Å²) >= 11 is 6.56. The lowest BCUT2D eigenvalue weighted by Crippen LogP contribution is -2.38. The van der Waals surface area contributed by atoms with Crippen LogP contribution in [0.5, 0.6) is 5.75 Å². The first-order valence-corrected chi connectivity index (χ1v) is 19.6. The lowest BCUT2D eigenvalue weighted by Gasteiger charge is -2.22. The molecule has 0 radical (unpaired) electrons. The molecule has 0 unspecified atom stereocenters. The lowest BCUT2D eigenvalue weighted by atomic mass is 9.96. The van der Waals surface area contributed by atoms with Gasteiger partial charge < -0.3 is 40.0 Å². The van der Waals surface area contributed by atoms with Crippen molar-refractivity contribution < 1.29 is 42.1 Å². The Kier molecular flexibility index (Phi) is 14.7. The van der Waals surface area contributed by atoms with Gasteiger partial charge in [0.15, 0.2) is 0 Å². The molecular formula is C37H48ClN5O9S. The van der Waals surface area contributed by atoms with E-state index < -0.39 is 21.7 Å². The van der Waals surface area contributed by atoms with Crippen molar-refractivity contribution in [2.24, 2.45) is 0 Å². The van der Waals surface area contributed by atoms with Gasteiger partial charge in [-0.2, -0.15) is 0 Å². The molecule has 0 aliphatic heterocycles. The van der Waals surface area contributed by atoms with Gasteiger partial charge in [-0.15, -0.1) is 0 Å². The maximum Gasteiger partial charge on any atom is 0.404 e. The Balaban J connectivity index is 1.05. The molecule has 0 saturated heterocycles. The third kappa shape index (κ3) is 12.0. The Bertz CT molecular complexity index is 1790. The third-order valence-corrected chi connectivity index (χ3v) is 11.1. The van der Waals surface area contributed by atoms with Crippen LogP contribution in [0.15, 0.2) is 65.8 Å². The fourth-order valence-corrected chi connectivity index (χ4v) is 7.04. The number of benzene rings is 2. The van der Waals surface area contributed by atoms with Gasteiger partial charge in [-0.25, -0.2) is 22.3 Å². The molecule has 1 aromatic heterocycles. The molecule has 4 N–H and O–H groups in total. The number of hydrogen-bond acceptors (Lipinski definition) is 9. The van der Waals surface area contributed by atoms with Crippen molar-refractivity contribution in [2.45, 2.75) is 61.7 Å². The van der Waals surface area contributed by atoms with Gasteiger partial charge in [-0.3, -0.25) is 4.98 Å². The van der Waals surface area contributed by atoms with Crippen molar-refractivity contribution in [2.75, 3.05) is 59.7 Å². The highest BCUT2D eigenvalue weighted by Gasteiger charge is 2.48. The Morgan fingerprint density at radius 1 is 0.943 bits per heavy atom. The number of nitrogens with zero attached hydrogens (tertiary/aromatic N) is 2. The number of carbonyl (C=O) groups excluding carboxylic acids is 1. The summed E-state index contributed by atoms with van der Waals surface area (Å²) in [6.07, 6.45) is 7.61. The molecule has 2 aliphatic rings. The number of pyridine rings is 1. The molecule has 5 rings (SSSR count). The smallest absolute Gasteiger partial charge is 0.404 e. The first kappa shape index (κ1) is 40.2. The normalized spacial score (nSPS) is 14.8. The van der Waals surface area contributed by atoms with E-state index in [-0.39, 0.29) is 43.3 Å². The van der Waals surface area contributed by atoms with Crippen LogP contribution in [0.4, 0.5) is 9.59 Å². The number of urea groups is 1. The largest absolute Gasteiger partial charge is 0.490 e. The van der Waals surface area contributed by atoms with E-state index in [0.29, 0.717) is 56.3 Å². The second-order valence-corrected chi connectivity index (χ2v) is 15.4. The minimum Gasteiger partial charge on any atom is -0.490 e. The number of carboxylic acid groups (broad SMARTS) is 1. The van der Waals surface area contributed by atoms with Gasteiger partial charge in [0.25, 0.3) is 0 Å². The number of para-hydroxylation sites is 1.